The smallest absolute Gasteiger partial charge is 0.264 e. The normalized spacial score (nSPS) is 10.6. The van der Waals surface area contributed by atoms with Crippen molar-refractivity contribution in [2.24, 2.45) is 0 Å². The fraction of sp³-hybridized carbons (Fsp3) is 0.227. The van der Waals surface area contributed by atoms with Crippen LogP contribution in [0.5, 0.6) is 5.75 Å². The number of thiazole rings is 1. The number of carbonyl (C=O) groups is 2. The highest BCUT2D eigenvalue weighted by molar-refractivity contribution is 7.14. The van der Waals surface area contributed by atoms with E-state index in [1.165, 1.54) is 23.8 Å². The molecule has 0 saturated carbocycles. The molecule has 2 amide bonds. The molecule has 0 aliphatic heterocycles. The van der Waals surface area contributed by atoms with Crippen LogP contribution in [0.1, 0.15) is 32.3 Å². The first-order chi connectivity index (χ1) is 13.9. The van der Waals surface area contributed by atoms with E-state index in [4.69, 9.17) is 4.74 Å². The molecular formula is C22H23N3O3S. The van der Waals surface area contributed by atoms with Gasteiger partial charge in [-0.25, -0.2) is 4.98 Å². The molecule has 150 valence electrons. The van der Waals surface area contributed by atoms with Crippen LogP contribution in [-0.4, -0.2) is 23.4 Å². The number of benzene rings is 2. The number of nitrogens with zero attached hydrogens (tertiary/aromatic N) is 1. The highest BCUT2D eigenvalue weighted by atomic mass is 32.1. The molecule has 0 unspecified atom stereocenters. The van der Waals surface area contributed by atoms with Crippen molar-refractivity contribution in [1.82, 2.24) is 4.98 Å². The second-order valence-corrected chi connectivity index (χ2v) is 7.72. The molecule has 0 aliphatic carbocycles. The lowest BCUT2D eigenvalue weighted by Gasteiger charge is -2.08. The van der Waals surface area contributed by atoms with Crippen LogP contribution in [0.25, 0.3) is 11.3 Å². The standard InChI is InChI=1S/C22H23N3O3S/c1-14(2)16-6-10-19(11-7-16)28-12-21(27)25-22-24-20(13-29-22)17-4-8-18(9-5-17)23-15(3)26/h4-11,13-14H,12H2,1-3H3,(H,23,26)(H,24,25,27). The second-order valence-electron chi connectivity index (χ2n) is 6.86. The van der Waals surface area contributed by atoms with Crippen molar-refractivity contribution in [3.05, 3.63) is 59.5 Å². The molecule has 6 nitrogen and oxygen atoms in total. The number of rotatable bonds is 7. The number of hydrogen-bond donors (Lipinski definition) is 2. The molecule has 7 heteroatoms. The van der Waals surface area contributed by atoms with Gasteiger partial charge < -0.3 is 10.1 Å². The van der Waals surface area contributed by atoms with Gasteiger partial charge in [0, 0.05) is 23.6 Å². The third-order valence-corrected chi connectivity index (χ3v) is 4.93. The molecule has 0 aliphatic rings. The second kappa shape index (κ2) is 9.34. The van der Waals surface area contributed by atoms with E-state index >= 15 is 0 Å². The minimum atomic E-state index is -0.264. The topological polar surface area (TPSA) is 80.3 Å². The maximum atomic E-state index is 12.1. The first-order valence-corrected chi connectivity index (χ1v) is 10.1. The monoisotopic (exact) mass is 409 g/mol. The van der Waals surface area contributed by atoms with Crippen LogP contribution < -0.4 is 15.4 Å². The fourth-order valence-electron chi connectivity index (χ4n) is 2.64. The van der Waals surface area contributed by atoms with Crippen molar-refractivity contribution < 1.29 is 14.3 Å². The summed E-state index contributed by atoms with van der Waals surface area (Å²) in [7, 11) is 0. The summed E-state index contributed by atoms with van der Waals surface area (Å²) in [5.41, 5.74) is 3.60. The summed E-state index contributed by atoms with van der Waals surface area (Å²) in [6.07, 6.45) is 0. The van der Waals surface area contributed by atoms with Crippen molar-refractivity contribution in [3.63, 3.8) is 0 Å². The van der Waals surface area contributed by atoms with Crippen LogP contribution >= 0.6 is 11.3 Å². The highest BCUT2D eigenvalue weighted by Gasteiger charge is 2.09. The molecule has 0 saturated heterocycles. The molecule has 0 atom stereocenters. The number of nitrogens with one attached hydrogen (secondary N) is 2. The minimum Gasteiger partial charge on any atom is -0.484 e. The molecule has 0 radical (unpaired) electrons. The Hall–Kier alpha value is -3.19. The van der Waals surface area contributed by atoms with E-state index in [1.807, 2.05) is 53.9 Å². The molecule has 3 rings (SSSR count). The van der Waals surface area contributed by atoms with Gasteiger partial charge in [0.1, 0.15) is 5.75 Å². The van der Waals surface area contributed by atoms with Crippen molar-refractivity contribution in [1.29, 1.82) is 0 Å². The van der Waals surface area contributed by atoms with Crippen LogP contribution in [0.15, 0.2) is 53.9 Å². The summed E-state index contributed by atoms with van der Waals surface area (Å²) >= 11 is 1.35. The first kappa shape index (κ1) is 20.5. The Balaban J connectivity index is 1.54. The molecule has 2 N–H and O–H groups in total. The van der Waals surface area contributed by atoms with Crippen LogP contribution in [0, 0.1) is 0 Å². The Kier molecular flexibility index (Phi) is 6.61. The quantitative estimate of drug-likeness (QED) is 0.581. The third-order valence-electron chi connectivity index (χ3n) is 4.17. The minimum absolute atomic E-state index is 0.0820. The van der Waals surface area contributed by atoms with E-state index in [0.29, 0.717) is 16.8 Å². The Labute approximate surface area is 173 Å². The summed E-state index contributed by atoms with van der Waals surface area (Å²) < 4.78 is 5.54. The number of ether oxygens (including phenoxy) is 1. The molecule has 0 fully saturated rings. The van der Waals surface area contributed by atoms with E-state index in [1.54, 1.807) is 0 Å². The van der Waals surface area contributed by atoms with Crippen molar-refractivity contribution in [2.45, 2.75) is 26.7 Å². The summed E-state index contributed by atoms with van der Waals surface area (Å²) in [6.45, 7) is 5.64. The summed E-state index contributed by atoms with van der Waals surface area (Å²) in [4.78, 5) is 27.7. The van der Waals surface area contributed by atoms with Crippen LogP contribution in [0.3, 0.4) is 0 Å². The van der Waals surface area contributed by atoms with Gasteiger partial charge in [0.25, 0.3) is 5.91 Å². The lowest BCUT2D eigenvalue weighted by atomic mass is 10.0. The van der Waals surface area contributed by atoms with Gasteiger partial charge in [0.15, 0.2) is 11.7 Å². The first-order valence-electron chi connectivity index (χ1n) is 9.27. The van der Waals surface area contributed by atoms with Crippen LogP contribution in [0.4, 0.5) is 10.8 Å². The fourth-order valence-corrected chi connectivity index (χ4v) is 3.38. The van der Waals surface area contributed by atoms with Gasteiger partial charge in [-0.3, -0.25) is 14.9 Å². The van der Waals surface area contributed by atoms with E-state index in [2.05, 4.69) is 29.5 Å². The number of hydrogen-bond acceptors (Lipinski definition) is 5. The lowest BCUT2D eigenvalue weighted by Crippen LogP contribution is -2.20. The van der Waals surface area contributed by atoms with Gasteiger partial charge in [0.05, 0.1) is 5.69 Å². The average molecular weight is 410 g/mol. The van der Waals surface area contributed by atoms with Gasteiger partial charge in [-0.2, -0.15) is 0 Å². The number of anilines is 2. The molecule has 29 heavy (non-hydrogen) atoms. The number of carbonyl (C=O) groups excluding carboxylic acids is 2. The van der Waals surface area contributed by atoms with E-state index < -0.39 is 0 Å². The molecule has 1 heterocycles. The van der Waals surface area contributed by atoms with E-state index in [-0.39, 0.29) is 18.4 Å². The van der Waals surface area contributed by atoms with Gasteiger partial charge in [-0.1, -0.05) is 38.1 Å². The van der Waals surface area contributed by atoms with Gasteiger partial charge >= 0.3 is 0 Å². The molecule has 2 aromatic carbocycles. The van der Waals surface area contributed by atoms with Crippen molar-refractivity contribution >= 4 is 34.0 Å². The van der Waals surface area contributed by atoms with E-state index in [0.717, 1.165) is 16.9 Å². The predicted octanol–water partition coefficient (Wildman–Crippen LogP) is 4.91. The Morgan fingerprint density at radius 1 is 1.03 bits per heavy atom. The number of amides is 2. The zero-order chi connectivity index (χ0) is 20.8. The lowest BCUT2D eigenvalue weighted by molar-refractivity contribution is -0.118. The third kappa shape index (κ3) is 5.89. The summed E-state index contributed by atoms with van der Waals surface area (Å²) in [5, 5.41) is 7.86. The summed E-state index contributed by atoms with van der Waals surface area (Å²) in [5.74, 6) is 0.728. The van der Waals surface area contributed by atoms with E-state index in [9.17, 15) is 9.59 Å². The molecule has 3 aromatic rings. The van der Waals surface area contributed by atoms with Gasteiger partial charge in [0.2, 0.25) is 5.91 Å². The average Bonchev–Trinajstić information content (AvgIpc) is 3.15. The summed E-state index contributed by atoms with van der Waals surface area (Å²) in [6, 6.07) is 15.1. The Bertz CT molecular complexity index is 979. The van der Waals surface area contributed by atoms with Crippen LogP contribution in [0.2, 0.25) is 0 Å². The number of aromatic nitrogens is 1. The maximum Gasteiger partial charge on any atom is 0.264 e. The van der Waals surface area contributed by atoms with Gasteiger partial charge in [-0.05, 0) is 35.7 Å². The predicted molar refractivity (Wildman–Crippen MR) is 117 cm³/mol. The molecule has 0 bridgehead atoms. The SMILES string of the molecule is CC(=O)Nc1ccc(-c2csc(NC(=O)COc3ccc(C(C)C)cc3)n2)cc1. The zero-order valence-electron chi connectivity index (χ0n) is 16.6. The highest BCUT2D eigenvalue weighted by Crippen LogP contribution is 2.26. The molecule has 1 aromatic heterocycles. The van der Waals surface area contributed by atoms with Crippen molar-refractivity contribution in [3.8, 4) is 17.0 Å². The van der Waals surface area contributed by atoms with Gasteiger partial charge in [-0.15, -0.1) is 11.3 Å². The largest absolute Gasteiger partial charge is 0.484 e. The van der Waals surface area contributed by atoms with Crippen LogP contribution in [-0.2, 0) is 9.59 Å². The maximum absolute atomic E-state index is 12.1. The molecular weight excluding hydrogens is 386 g/mol. The Morgan fingerprint density at radius 2 is 1.72 bits per heavy atom. The zero-order valence-corrected chi connectivity index (χ0v) is 17.4. The molecule has 0 spiro atoms. The Morgan fingerprint density at radius 3 is 2.34 bits per heavy atom. The van der Waals surface area contributed by atoms with Crippen molar-refractivity contribution in [2.75, 3.05) is 17.2 Å².